The van der Waals surface area contributed by atoms with Crippen LogP contribution >= 0.6 is 11.8 Å². The lowest BCUT2D eigenvalue weighted by Crippen LogP contribution is -2.49. The summed E-state index contributed by atoms with van der Waals surface area (Å²) in [5.41, 5.74) is 0.450. The molecular formula is C13H17N3O3S. The van der Waals surface area contributed by atoms with Gasteiger partial charge in [-0.2, -0.15) is 11.8 Å². The van der Waals surface area contributed by atoms with Gasteiger partial charge >= 0.3 is 12.0 Å². The van der Waals surface area contributed by atoms with Crippen LogP contribution in [-0.2, 0) is 0 Å². The normalized spacial score (nSPS) is 22.4. The molecule has 1 aromatic heterocycles. The van der Waals surface area contributed by atoms with Gasteiger partial charge in [-0.05, 0) is 13.0 Å². The molecule has 2 unspecified atom stereocenters. The van der Waals surface area contributed by atoms with E-state index in [-0.39, 0.29) is 17.6 Å². The molecule has 2 N–H and O–H groups in total. The fourth-order valence-electron chi connectivity index (χ4n) is 2.04. The van der Waals surface area contributed by atoms with Gasteiger partial charge in [0.15, 0.2) is 0 Å². The number of anilines is 1. The number of hydrogen-bond acceptors (Lipinski definition) is 4. The number of carbonyl (C=O) groups excluding carboxylic acids is 1. The summed E-state index contributed by atoms with van der Waals surface area (Å²) in [6, 6.07) is 1.33. The molecule has 1 aromatic rings. The van der Waals surface area contributed by atoms with Gasteiger partial charge < -0.3 is 15.3 Å². The zero-order chi connectivity index (χ0) is 14.7. The molecule has 0 aliphatic carbocycles. The van der Waals surface area contributed by atoms with E-state index in [4.69, 9.17) is 5.11 Å². The third-order valence-electron chi connectivity index (χ3n) is 3.38. The van der Waals surface area contributed by atoms with Crippen LogP contribution in [0.3, 0.4) is 0 Å². The van der Waals surface area contributed by atoms with Crippen molar-refractivity contribution in [2.45, 2.75) is 25.1 Å². The number of thioether (sulfide) groups is 1. The fraction of sp³-hybridized carbons (Fsp3) is 0.462. The van der Waals surface area contributed by atoms with Gasteiger partial charge in [-0.15, -0.1) is 0 Å². The molecule has 108 valence electrons. The molecule has 0 radical (unpaired) electrons. The summed E-state index contributed by atoms with van der Waals surface area (Å²) in [6.45, 7) is 4.80. The van der Waals surface area contributed by atoms with Crippen molar-refractivity contribution < 1.29 is 14.7 Å². The van der Waals surface area contributed by atoms with E-state index >= 15 is 0 Å². The molecule has 20 heavy (non-hydrogen) atoms. The van der Waals surface area contributed by atoms with E-state index in [9.17, 15) is 9.59 Å². The van der Waals surface area contributed by atoms with Gasteiger partial charge in [-0.3, -0.25) is 4.98 Å². The van der Waals surface area contributed by atoms with Crippen LogP contribution in [0.1, 0.15) is 24.2 Å². The summed E-state index contributed by atoms with van der Waals surface area (Å²) in [5, 5.41) is 12.0. The van der Waals surface area contributed by atoms with Crippen LogP contribution in [0.15, 0.2) is 18.5 Å². The Morgan fingerprint density at radius 3 is 2.90 bits per heavy atom. The molecule has 2 atom stereocenters. The lowest BCUT2D eigenvalue weighted by atomic mass is 10.2. The van der Waals surface area contributed by atoms with Crippen LogP contribution in [0, 0.1) is 0 Å². The smallest absolute Gasteiger partial charge is 0.337 e. The molecule has 1 aliphatic rings. The maximum absolute atomic E-state index is 12.2. The molecule has 6 nitrogen and oxygen atoms in total. The van der Waals surface area contributed by atoms with Crippen molar-refractivity contribution in [1.82, 2.24) is 9.88 Å². The van der Waals surface area contributed by atoms with E-state index < -0.39 is 5.97 Å². The van der Waals surface area contributed by atoms with Gasteiger partial charge in [0.25, 0.3) is 0 Å². The van der Waals surface area contributed by atoms with E-state index in [0.717, 1.165) is 5.75 Å². The van der Waals surface area contributed by atoms with Gasteiger partial charge in [0.05, 0.1) is 17.4 Å². The number of aromatic nitrogens is 1. The molecule has 2 amide bonds. The Hall–Kier alpha value is -1.76. The molecule has 7 heteroatoms. The third kappa shape index (κ3) is 3.22. The summed E-state index contributed by atoms with van der Waals surface area (Å²) >= 11 is 1.85. The first-order valence-electron chi connectivity index (χ1n) is 6.36. The quantitative estimate of drug-likeness (QED) is 0.873. The first-order chi connectivity index (χ1) is 9.49. The molecular weight excluding hydrogens is 278 g/mol. The summed E-state index contributed by atoms with van der Waals surface area (Å²) < 4.78 is 0. The van der Waals surface area contributed by atoms with E-state index in [1.807, 2.05) is 18.7 Å². The Balaban J connectivity index is 2.07. The summed E-state index contributed by atoms with van der Waals surface area (Å²) in [6.07, 6.45) is 2.69. The number of aromatic carboxylic acids is 1. The number of carboxylic acids is 1. The highest BCUT2D eigenvalue weighted by Crippen LogP contribution is 2.24. The van der Waals surface area contributed by atoms with Crippen LogP contribution in [-0.4, -0.2) is 50.6 Å². The zero-order valence-electron chi connectivity index (χ0n) is 11.4. The van der Waals surface area contributed by atoms with Crippen molar-refractivity contribution in [2.24, 2.45) is 0 Å². The number of urea groups is 1. The van der Waals surface area contributed by atoms with Crippen molar-refractivity contribution in [1.29, 1.82) is 0 Å². The highest BCUT2D eigenvalue weighted by Gasteiger charge is 2.28. The van der Waals surface area contributed by atoms with Crippen molar-refractivity contribution in [2.75, 3.05) is 17.6 Å². The molecule has 1 saturated heterocycles. The van der Waals surface area contributed by atoms with Crippen LogP contribution in [0.25, 0.3) is 0 Å². The number of carbonyl (C=O) groups is 2. The zero-order valence-corrected chi connectivity index (χ0v) is 12.2. The second-order valence-electron chi connectivity index (χ2n) is 4.71. The molecule has 1 aliphatic heterocycles. The van der Waals surface area contributed by atoms with Gasteiger partial charge in [0.2, 0.25) is 0 Å². The average Bonchev–Trinajstić information content (AvgIpc) is 2.42. The molecule has 2 rings (SSSR count). The van der Waals surface area contributed by atoms with Gasteiger partial charge in [-0.1, -0.05) is 6.92 Å². The summed E-state index contributed by atoms with van der Waals surface area (Å²) in [7, 11) is 0. The molecule has 0 bridgehead atoms. The minimum atomic E-state index is -1.06. The number of carboxylic acid groups (broad SMARTS) is 1. The first kappa shape index (κ1) is 14.6. The number of rotatable bonds is 2. The maximum Gasteiger partial charge on any atom is 0.337 e. The average molecular weight is 295 g/mol. The van der Waals surface area contributed by atoms with Crippen molar-refractivity contribution >= 4 is 29.4 Å². The Bertz CT molecular complexity index is 523. The monoisotopic (exact) mass is 295 g/mol. The van der Waals surface area contributed by atoms with E-state index in [1.165, 1.54) is 18.5 Å². The van der Waals surface area contributed by atoms with Crippen LogP contribution in [0.2, 0.25) is 0 Å². The molecule has 2 heterocycles. The molecule has 0 spiro atoms. The first-order valence-corrected chi connectivity index (χ1v) is 7.41. The molecule has 1 fully saturated rings. The number of pyridine rings is 1. The predicted molar refractivity (Wildman–Crippen MR) is 78.3 cm³/mol. The number of nitrogens with one attached hydrogen (secondary N) is 1. The summed E-state index contributed by atoms with van der Waals surface area (Å²) in [4.78, 5) is 28.7. The SMILES string of the molecule is CC1SCCN(C(=O)Nc2cncc(C(=O)O)c2)C1C. The van der Waals surface area contributed by atoms with Gasteiger partial charge in [-0.25, -0.2) is 9.59 Å². The lowest BCUT2D eigenvalue weighted by Gasteiger charge is -2.37. The summed E-state index contributed by atoms with van der Waals surface area (Å²) in [5.74, 6) is -0.156. The van der Waals surface area contributed by atoms with Crippen LogP contribution in [0.5, 0.6) is 0 Å². The minimum Gasteiger partial charge on any atom is -0.478 e. The fourth-order valence-corrected chi connectivity index (χ4v) is 3.14. The maximum atomic E-state index is 12.2. The minimum absolute atomic E-state index is 0.0541. The molecule has 0 saturated carbocycles. The standard InChI is InChI=1S/C13H17N3O3S/c1-8-9(2)20-4-3-16(8)13(19)15-11-5-10(12(17)18)6-14-7-11/h5-9H,3-4H2,1-2H3,(H,15,19)(H,17,18). The Kier molecular flexibility index (Phi) is 4.49. The lowest BCUT2D eigenvalue weighted by molar-refractivity contribution is 0.0696. The van der Waals surface area contributed by atoms with Gasteiger partial charge in [0, 0.05) is 29.8 Å². The Labute approximate surface area is 121 Å². The number of amides is 2. The van der Waals surface area contributed by atoms with Crippen molar-refractivity contribution in [3.8, 4) is 0 Å². The van der Waals surface area contributed by atoms with E-state index in [1.54, 1.807) is 4.90 Å². The Morgan fingerprint density at radius 1 is 1.45 bits per heavy atom. The number of hydrogen-bond donors (Lipinski definition) is 2. The predicted octanol–water partition coefficient (Wildman–Crippen LogP) is 2.14. The van der Waals surface area contributed by atoms with E-state index in [2.05, 4.69) is 17.2 Å². The largest absolute Gasteiger partial charge is 0.478 e. The van der Waals surface area contributed by atoms with Crippen molar-refractivity contribution in [3.63, 3.8) is 0 Å². The van der Waals surface area contributed by atoms with Crippen molar-refractivity contribution in [3.05, 3.63) is 24.0 Å². The Morgan fingerprint density at radius 2 is 2.20 bits per heavy atom. The topological polar surface area (TPSA) is 82.5 Å². The number of nitrogens with zero attached hydrogens (tertiary/aromatic N) is 2. The second kappa shape index (κ2) is 6.13. The second-order valence-corrected chi connectivity index (χ2v) is 6.19. The molecule has 0 aromatic carbocycles. The third-order valence-corrected chi connectivity index (χ3v) is 4.72. The van der Waals surface area contributed by atoms with Crippen LogP contribution < -0.4 is 5.32 Å². The van der Waals surface area contributed by atoms with Crippen LogP contribution in [0.4, 0.5) is 10.5 Å². The van der Waals surface area contributed by atoms with E-state index in [0.29, 0.717) is 17.5 Å². The van der Waals surface area contributed by atoms with Gasteiger partial charge in [0.1, 0.15) is 0 Å². The highest BCUT2D eigenvalue weighted by molar-refractivity contribution is 8.00. The highest BCUT2D eigenvalue weighted by atomic mass is 32.2.